The molecular formula is C25H36O5. The largest absolute Gasteiger partial charge is 0.491 e. The van der Waals surface area contributed by atoms with Gasteiger partial charge in [-0.25, -0.2) is 0 Å². The summed E-state index contributed by atoms with van der Waals surface area (Å²) in [5.41, 5.74) is 2.38. The van der Waals surface area contributed by atoms with E-state index in [1.807, 2.05) is 30.3 Å². The summed E-state index contributed by atoms with van der Waals surface area (Å²) in [4.78, 5) is 0. The van der Waals surface area contributed by atoms with E-state index < -0.39 is 0 Å². The maximum absolute atomic E-state index is 5.71. The highest BCUT2D eigenvalue weighted by atomic mass is 16.6. The van der Waals surface area contributed by atoms with Crippen LogP contribution in [0.5, 0.6) is 5.75 Å². The van der Waals surface area contributed by atoms with Gasteiger partial charge in [0.15, 0.2) is 0 Å². The summed E-state index contributed by atoms with van der Waals surface area (Å²) < 4.78 is 27.7. The van der Waals surface area contributed by atoms with Crippen LogP contribution in [-0.4, -0.2) is 59.5 Å². The highest BCUT2D eigenvalue weighted by molar-refractivity contribution is 5.63. The standard InChI is InChI=1S/C25H36O5/c1-3-22(2)21-29-18-17-27-14-13-26-15-16-28-19-20-30-25-11-9-24(10-12-25)23-7-5-4-6-8-23/h4-12,22H,3,13-21H2,1-2H3. The van der Waals surface area contributed by atoms with Crippen LogP contribution in [0, 0.1) is 5.92 Å². The quantitative estimate of drug-likeness (QED) is 0.345. The summed E-state index contributed by atoms with van der Waals surface area (Å²) in [6, 6.07) is 18.4. The first-order valence-electron chi connectivity index (χ1n) is 10.9. The van der Waals surface area contributed by atoms with Crippen molar-refractivity contribution in [2.45, 2.75) is 20.3 Å². The van der Waals surface area contributed by atoms with Crippen LogP contribution in [-0.2, 0) is 18.9 Å². The molecule has 0 aliphatic rings. The highest BCUT2D eigenvalue weighted by Gasteiger charge is 1.99. The Hall–Kier alpha value is -1.92. The zero-order valence-corrected chi connectivity index (χ0v) is 18.4. The van der Waals surface area contributed by atoms with Crippen LogP contribution in [0.25, 0.3) is 11.1 Å². The molecule has 0 spiro atoms. The molecule has 0 amide bonds. The van der Waals surface area contributed by atoms with Crippen LogP contribution >= 0.6 is 0 Å². The second-order valence-corrected chi connectivity index (χ2v) is 7.16. The Kier molecular flexibility index (Phi) is 12.9. The number of benzene rings is 2. The Bertz CT molecular complexity index is 644. The molecule has 5 nitrogen and oxygen atoms in total. The van der Waals surface area contributed by atoms with Gasteiger partial charge in [-0.15, -0.1) is 0 Å². The third-order valence-electron chi connectivity index (χ3n) is 4.67. The molecule has 0 radical (unpaired) electrons. The van der Waals surface area contributed by atoms with E-state index >= 15 is 0 Å². The van der Waals surface area contributed by atoms with Crippen LogP contribution in [0.2, 0.25) is 0 Å². The third kappa shape index (κ3) is 10.7. The molecule has 0 aliphatic carbocycles. The molecule has 5 heteroatoms. The Morgan fingerprint density at radius 2 is 1.10 bits per heavy atom. The third-order valence-corrected chi connectivity index (χ3v) is 4.67. The van der Waals surface area contributed by atoms with E-state index in [1.54, 1.807) is 0 Å². The topological polar surface area (TPSA) is 46.2 Å². The number of ether oxygens (including phenoxy) is 5. The molecule has 2 aromatic carbocycles. The van der Waals surface area contributed by atoms with Crippen molar-refractivity contribution >= 4 is 0 Å². The van der Waals surface area contributed by atoms with Gasteiger partial charge >= 0.3 is 0 Å². The Balaban J connectivity index is 1.38. The second-order valence-electron chi connectivity index (χ2n) is 7.16. The van der Waals surface area contributed by atoms with E-state index in [1.165, 1.54) is 11.1 Å². The van der Waals surface area contributed by atoms with Crippen molar-refractivity contribution in [3.05, 3.63) is 54.6 Å². The first kappa shape index (κ1) is 24.4. The van der Waals surface area contributed by atoms with E-state index in [0.717, 1.165) is 18.8 Å². The van der Waals surface area contributed by atoms with Crippen LogP contribution in [0.4, 0.5) is 0 Å². The second kappa shape index (κ2) is 15.9. The lowest BCUT2D eigenvalue weighted by Crippen LogP contribution is -2.14. The van der Waals surface area contributed by atoms with Crippen molar-refractivity contribution in [2.75, 3.05) is 59.5 Å². The molecule has 0 aromatic heterocycles. The normalized spacial score (nSPS) is 12.1. The van der Waals surface area contributed by atoms with Crippen molar-refractivity contribution in [3.63, 3.8) is 0 Å². The van der Waals surface area contributed by atoms with Gasteiger partial charge in [-0.3, -0.25) is 0 Å². The van der Waals surface area contributed by atoms with Crippen molar-refractivity contribution in [1.29, 1.82) is 0 Å². The molecule has 2 aromatic rings. The molecule has 0 aliphatic heterocycles. The molecule has 1 atom stereocenters. The maximum atomic E-state index is 5.71. The summed E-state index contributed by atoms with van der Waals surface area (Å²) in [7, 11) is 0. The van der Waals surface area contributed by atoms with E-state index in [2.05, 4.69) is 38.1 Å². The van der Waals surface area contributed by atoms with Crippen molar-refractivity contribution in [3.8, 4) is 16.9 Å². The molecule has 1 unspecified atom stereocenters. The van der Waals surface area contributed by atoms with Crippen LogP contribution in [0.15, 0.2) is 54.6 Å². The monoisotopic (exact) mass is 416 g/mol. The zero-order chi connectivity index (χ0) is 21.3. The van der Waals surface area contributed by atoms with Crippen LogP contribution < -0.4 is 4.74 Å². The van der Waals surface area contributed by atoms with Gasteiger partial charge in [0.2, 0.25) is 0 Å². The smallest absolute Gasteiger partial charge is 0.119 e. The van der Waals surface area contributed by atoms with E-state index in [0.29, 0.717) is 58.8 Å². The van der Waals surface area contributed by atoms with Gasteiger partial charge < -0.3 is 23.7 Å². The van der Waals surface area contributed by atoms with Crippen molar-refractivity contribution in [2.24, 2.45) is 5.92 Å². The van der Waals surface area contributed by atoms with E-state index in [-0.39, 0.29) is 0 Å². The molecule has 0 N–H and O–H groups in total. The molecule has 0 heterocycles. The lowest BCUT2D eigenvalue weighted by molar-refractivity contribution is -0.00768. The zero-order valence-electron chi connectivity index (χ0n) is 18.4. The lowest BCUT2D eigenvalue weighted by atomic mass is 10.1. The first-order chi connectivity index (χ1) is 14.8. The number of rotatable bonds is 17. The fraction of sp³-hybridized carbons (Fsp3) is 0.520. The Labute approximate surface area is 181 Å². The highest BCUT2D eigenvalue weighted by Crippen LogP contribution is 2.21. The van der Waals surface area contributed by atoms with Gasteiger partial charge in [0, 0.05) is 6.61 Å². The number of hydrogen-bond donors (Lipinski definition) is 0. The van der Waals surface area contributed by atoms with Crippen molar-refractivity contribution in [1.82, 2.24) is 0 Å². The predicted octanol–water partition coefficient (Wildman–Crippen LogP) is 4.84. The van der Waals surface area contributed by atoms with Crippen LogP contribution in [0.3, 0.4) is 0 Å². The van der Waals surface area contributed by atoms with Gasteiger partial charge in [0.25, 0.3) is 0 Å². The number of hydrogen-bond acceptors (Lipinski definition) is 5. The van der Waals surface area contributed by atoms with Crippen LogP contribution in [0.1, 0.15) is 20.3 Å². The van der Waals surface area contributed by atoms with Gasteiger partial charge in [0.1, 0.15) is 12.4 Å². The average molecular weight is 417 g/mol. The minimum atomic E-state index is 0.518. The van der Waals surface area contributed by atoms with Gasteiger partial charge in [-0.1, -0.05) is 62.7 Å². The SMILES string of the molecule is CCC(C)COCCOCCOCCOCCOc1ccc(-c2ccccc2)cc1. The van der Waals surface area contributed by atoms with E-state index in [9.17, 15) is 0 Å². The van der Waals surface area contributed by atoms with Gasteiger partial charge in [0.05, 0.1) is 46.2 Å². The maximum Gasteiger partial charge on any atom is 0.119 e. The minimum Gasteiger partial charge on any atom is -0.491 e. The molecule has 0 bridgehead atoms. The first-order valence-corrected chi connectivity index (χ1v) is 10.9. The molecular weight excluding hydrogens is 380 g/mol. The molecule has 0 fully saturated rings. The molecule has 166 valence electrons. The molecule has 0 saturated heterocycles. The van der Waals surface area contributed by atoms with Gasteiger partial charge in [-0.2, -0.15) is 0 Å². The summed E-state index contributed by atoms with van der Waals surface area (Å²) >= 11 is 0. The molecule has 0 saturated carbocycles. The fourth-order valence-corrected chi connectivity index (χ4v) is 2.65. The molecule has 30 heavy (non-hydrogen) atoms. The Morgan fingerprint density at radius 1 is 0.600 bits per heavy atom. The van der Waals surface area contributed by atoms with E-state index in [4.69, 9.17) is 23.7 Å². The lowest BCUT2D eigenvalue weighted by Gasteiger charge is -2.10. The predicted molar refractivity (Wildman–Crippen MR) is 120 cm³/mol. The summed E-state index contributed by atoms with van der Waals surface area (Å²) in [6.45, 7) is 9.72. The summed E-state index contributed by atoms with van der Waals surface area (Å²) in [6.07, 6.45) is 1.14. The minimum absolute atomic E-state index is 0.518. The van der Waals surface area contributed by atoms with Crippen molar-refractivity contribution < 1.29 is 23.7 Å². The molecule has 2 rings (SSSR count). The Morgan fingerprint density at radius 3 is 1.67 bits per heavy atom. The van der Waals surface area contributed by atoms with Gasteiger partial charge in [-0.05, 0) is 29.2 Å². The summed E-state index contributed by atoms with van der Waals surface area (Å²) in [5, 5.41) is 0. The average Bonchev–Trinajstić information content (AvgIpc) is 2.80. The summed E-state index contributed by atoms with van der Waals surface area (Å²) in [5.74, 6) is 1.46. The fourth-order valence-electron chi connectivity index (χ4n) is 2.65.